The Hall–Kier alpha value is -2.01. The van der Waals surface area contributed by atoms with E-state index in [-0.39, 0.29) is 5.91 Å². The van der Waals surface area contributed by atoms with E-state index < -0.39 is 0 Å². The molecule has 0 saturated carbocycles. The van der Waals surface area contributed by atoms with Crippen molar-refractivity contribution >= 4 is 16.9 Å². The fourth-order valence-electron chi connectivity index (χ4n) is 4.33. The quantitative estimate of drug-likeness (QED) is 0.871. The van der Waals surface area contributed by atoms with Crippen LogP contribution in [0.2, 0.25) is 0 Å². The zero-order valence-corrected chi connectivity index (χ0v) is 14.2. The molecule has 5 nitrogen and oxygen atoms in total. The Morgan fingerprint density at radius 3 is 2.71 bits per heavy atom. The average Bonchev–Trinajstić information content (AvgIpc) is 3.28. The number of benzene rings is 1. The lowest BCUT2D eigenvalue weighted by atomic mass is 10.0. The number of nitrogens with zero attached hydrogens (tertiary/aromatic N) is 4. The molecule has 0 unspecified atom stereocenters. The van der Waals surface area contributed by atoms with Crippen LogP contribution in [0.25, 0.3) is 11.0 Å². The Bertz CT molecular complexity index is 747. The molecule has 4 rings (SSSR count). The Morgan fingerprint density at radius 1 is 1.12 bits per heavy atom. The van der Waals surface area contributed by atoms with Crippen LogP contribution in [-0.4, -0.2) is 57.4 Å². The topological polar surface area (TPSA) is 49.3 Å². The van der Waals surface area contributed by atoms with E-state index >= 15 is 0 Å². The van der Waals surface area contributed by atoms with Crippen LogP contribution < -0.4 is 0 Å². The maximum atomic E-state index is 13.1. The van der Waals surface area contributed by atoms with Gasteiger partial charge < -0.3 is 4.90 Å². The summed E-state index contributed by atoms with van der Waals surface area (Å²) in [7, 11) is 0. The van der Waals surface area contributed by atoms with Crippen molar-refractivity contribution in [2.75, 3.05) is 19.6 Å². The van der Waals surface area contributed by atoms with Crippen LogP contribution in [0.4, 0.5) is 0 Å². The van der Waals surface area contributed by atoms with Gasteiger partial charge in [-0.2, -0.15) is 0 Å². The van der Waals surface area contributed by atoms with Crippen LogP contribution in [0.15, 0.2) is 30.5 Å². The van der Waals surface area contributed by atoms with Gasteiger partial charge in [-0.3, -0.25) is 14.7 Å². The third kappa shape index (κ3) is 2.67. The van der Waals surface area contributed by atoms with Gasteiger partial charge in [0.05, 0.1) is 17.2 Å². The van der Waals surface area contributed by atoms with Gasteiger partial charge in [0.2, 0.25) is 0 Å². The molecule has 0 N–H and O–H groups in total. The van der Waals surface area contributed by atoms with Gasteiger partial charge in [0.25, 0.3) is 5.91 Å². The molecular formula is C19H24N4O. The Morgan fingerprint density at radius 2 is 1.88 bits per heavy atom. The van der Waals surface area contributed by atoms with Gasteiger partial charge in [0, 0.05) is 18.6 Å². The van der Waals surface area contributed by atoms with Gasteiger partial charge in [-0.15, -0.1) is 0 Å². The predicted octanol–water partition coefficient (Wildman–Crippen LogP) is 2.72. The number of likely N-dealkylation sites (tertiary alicyclic amines) is 2. The highest BCUT2D eigenvalue weighted by Crippen LogP contribution is 2.30. The van der Waals surface area contributed by atoms with Crippen molar-refractivity contribution in [1.82, 2.24) is 19.8 Å². The number of likely N-dealkylation sites (N-methyl/N-ethyl adjacent to an activating group) is 1. The maximum Gasteiger partial charge on any atom is 0.274 e. The molecule has 2 fully saturated rings. The number of rotatable bonds is 3. The largest absolute Gasteiger partial charge is 0.333 e. The lowest BCUT2D eigenvalue weighted by Gasteiger charge is -2.34. The second-order valence-electron chi connectivity index (χ2n) is 6.79. The molecule has 0 bridgehead atoms. The molecule has 0 radical (unpaired) electrons. The van der Waals surface area contributed by atoms with Crippen LogP contribution in [0.1, 0.15) is 43.1 Å². The van der Waals surface area contributed by atoms with Crippen molar-refractivity contribution in [3.8, 4) is 0 Å². The highest BCUT2D eigenvalue weighted by atomic mass is 16.2. The third-order valence-corrected chi connectivity index (χ3v) is 5.49. The fourth-order valence-corrected chi connectivity index (χ4v) is 4.33. The standard InChI is InChI=1S/C19H24N4O/c1-2-22-11-5-9-17(22)18-10-6-12-23(18)19(24)16-13-20-14-7-3-4-8-15(14)21-16/h3-4,7-8,13,17-18H,2,5-6,9-12H2,1H3/t17-,18-/m0/s1. The predicted molar refractivity (Wildman–Crippen MR) is 93.9 cm³/mol. The van der Waals surface area contributed by atoms with Crippen LogP contribution in [0, 0.1) is 0 Å². The highest BCUT2D eigenvalue weighted by Gasteiger charge is 2.39. The lowest BCUT2D eigenvalue weighted by molar-refractivity contribution is 0.0644. The van der Waals surface area contributed by atoms with Crippen LogP contribution in [-0.2, 0) is 0 Å². The summed E-state index contributed by atoms with van der Waals surface area (Å²) in [5.74, 6) is 0.0405. The van der Waals surface area contributed by atoms with E-state index in [2.05, 4.69) is 26.7 Å². The van der Waals surface area contributed by atoms with E-state index in [1.54, 1.807) is 6.20 Å². The van der Waals surface area contributed by atoms with E-state index in [1.165, 1.54) is 12.8 Å². The number of amides is 1. The number of fused-ring (bicyclic) bond motifs is 1. The van der Waals surface area contributed by atoms with Gasteiger partial charge >= 0.3 is 0 Å². The molecule has 3 heterocycles. The van der Waals surface area contributed by atoms with E-state index in [0.29, 0.717) is 17.8 Å². The number of carbonyl (C=O) groups excluding carboxylic acids is 1. The first-order valence-electron chi connectivity index (χ1n) is 9.04. The first kappa shape index (κ1) is 15.5. The summed E-state index contributed by atoms with van der Waals surface area (Å²) in [6, 6.07) is 8.54. The number of aromatic nitrogens is 2. The second kappa shape index (κ2) is 6.48. The monoisotopic (exact) mass is 324 g/mol. The summed E-state index contributed by atoms with van der Waals surface area (Å²) in [5, 5.41) is 0. The van der Waals surface area contributed by atoms with Crippen molar-refractivity contribution in [1.29, 1.82) is 0 Å². The lowest BCUT2D eigenvalue weighted by Crippen LogP contribution is -2.48. The molecule has 2 aliphatic rings. The smallest absolute Gasteiger partial charge is 0.274 e. The molecular weight excluding hydrogens is 300 g/mol. The zero-order valence-electron chi connectivity index (χ0n) is 14.2. The second-order valence-corrected chi connectivity index (χ2v) is 6.79. The van der Waals surface area contributed by atoms with Gasteiger partial charge in [-0.25, -0.2) is 4.98 Å². The molecule has 126 valence electrons. The van der Waals surface area contributed by atoms with E-state index in [1.807, 2.05) is 24.3 Å². The first-order chi connectivity index (χ1) is 11.8. The summed E-state index contributed by atoms with van der Waals surface area (Å²) in [6.45, 7) is 5.29. The normalized spacial score (nSPS) is 24.8. The number of carbonyl (C=O) groups is 1. The summed E-state index contributed by atoms with van der Waals surface area (Å²) in [4.78, 5) is 26.6. The average molecular weight is 324 g/mol. The maximum absolute atomic E-state index is 13.1. The van der Waals surface area contributed by atoms with Gasteiger partial charge in [-0.05, 0) is 50.9 Å². The van der Waals surface area contributed by atoms with E-state index in [9.17, 15) is 4.79 Å². The molecule has 1 amide bonds. The number of hydrogen-bond donors (Lipinski definition) is 0. The molecule has 24 heavy (non-hydrogen) atoms. The fraction of sp³-hybridized carbons (Fsp3) is 0.526. The highest BCUT2D eigenvalue weighted by molar-refractivity contribution is 5.94. The van der Waals surface area contributed by atoms with Crippen molar-refractivity contribution < 1.29 is 4.79 Å². The molecule has 2 atom stereocenters. The van der Waals surface area contributed by atoms with Crippen molar-refractivity contribution in [3.63, 3.8) is 0 Å². The van der Waals surface area contributed by atoms with Crippen LogP contribution in [0.3, 0.4) is 0 Å². The van der Waals surface area contributed by atoms with Gasteiger partial charge in [0.1, 0.15) is 5.69 Å². The summed E-state index contributed by atoms with van der Waals surface area (Å²) >= 11 is 0. The van der Waals surface area contributed by atoms with Crippen molar-refractivity contribution in [3.05, 3.63) is 36.2 Å². The summed E-state index contributed by atoms with van der Waals surface area (Å²) < 4.78 is 0. The SMILES string of the molecule is CCN1CCC[C@H]1[C@@H]1CCCN1C(=O)c1cnc2ccccc2n1. The van der Waals surface area contributed by atoms with Gasteiger partial charge in [0.15, 0.2) is 0 Å². The number of para-hydroxylation sites is 2. The molecule has 2 aromatic rings. The molecule has 2 aliphatic heterocycles. The van der Waals surface area contributed by atoms with Crippen LogP contribution >= 0.6 is 0 Å². The zero-order chi connectivity index (χ0) is 16.5. The van der Waals surface area contributed by atoms with Gasteiger partial charge in [-0.1, -0.05) is 19.1 Å². The Labute approximate surface area is 142 Å². The van der Waals surface area contributed by atoms with E-state index in [0.717, 1.165) is 43.5 Å². The van der Waals surface area contributed by atoms with Crippen molar-refractivity contribution in [2.45, 2.75) is 44.7 Å². The Kier molecular flexibility index (Phi) is 4.19. The van der Waals surface area contributed by atoms with Crippen molar-refractivity contribution in [2.24, 2.45) is 0 Å². The Balaban J connectivity index is 1.60. The minimum atomic E-state index is 0.0405. The minimum absolute atomic E-state index is 0.0405. The summed E-state index contributed by atoms with van der Waals surface area (Å²) in [6.07, 6.45) is 6.27. The molecule has 5 heteroatoms. The molecule has 0 spiro atoms. The molecule has 1 aromatic heterocycles. The first-order valence-corrected chi connectivity index (χ1v) is 9.04. The molecule has 2 saturated heterocycles. The molecule has 1 aromatic carbocycles. The summed E-state index contributed by atoms with van der Waals surface area (Å²) in [5.41, 5.74) is 2.09. The number of hydrogen-bond acceptors (Lipinski definition) is 4. The third-order valence-electron chi connectivity index (χ3n) is 5.49. The molecule has 0 aliphatic carbocycles. The van der Waals surface area contributed by atoms with E-state index in [4.69, 9.17) is 0 Å². The minimum Gasteiger partial charge on any atom is -0.333 e. The van der Waals surface area contributed by atoms with Crippen LogP contribution in [0.5, 0.6) is 0 Å².